The molecule has 6 nitrogen and oxygen atoms in total. The summed E-state index contributed by atoms with van der Waals surface area (Å²) in [6.45, 7) is 5.77. The maximum absolute atomic E-state index is 13.8. The van der Waals surface area contributed by atoms with E-state index in [1.54, 1.807) is 11.0 Å². The Morgan fingerprint density at radius 3 is 2.37 bits per heavy atom. The van der Waals surface area contributed by atoms with E-state index < -0.39 is 0 Å². The van der Waals surface area contributed by atoms with E-state index in [4.69, 9.17) is 21.1 Å². The van der Waals surface area contributed by atoms with E-state index in [1.165, 1.54) is 11.8 Å². The van der Waals surface area contributed by atoms with Crippen LogP contribution in [0.3, 0.4) is 0 Å². The SMILES string of the molecule is CCOc1ccc(CCNC(=O)c2ccc3c(c2)N(Cc2ccc(Cl)cc2)C(=O)c2ccccc2S3)cc1OCC. The van der Waals surface area contributed by atoms with E-state index in [0.717, 1.165) is 20.9 Å². The van der Waals surface area contributed by atoms with Gasteiger partial charge in [-0.3, -0.25) is 9.59 Å². The average molecular weight is 587 g/mol. The topological polar surface area (TPSA) is 67.9 Å². The Kier molecular flexibility index (Phi) is 9.17. The number of hydrogen-bond acceptors (Lipinski definition) is 5. The van der Waals surface area contributed by atoms with E-state index in [9.17, 15) is 9.59 Å². The summed E-state index contributed by atoms with van der Waals surface area (Å²) in [5.74, 6) is 1.10. The smallest absolute Gasteiger partial charge is 0.259 e. The highest BCUT2D eigenvalue weighted by Crippen LogP contribution is 2.42. The first kappa shape index (κ1) is 28.6. The summed E-state index contributed by atoms with van der Waals surface area (Å²) in [5, 5.41) is 3.66. The lowest BCUT2D eigenvalue weighted by Gasteiger charge is -2.24. The highest BCUT2D eigenvalue weighted by atomic mass is 35.5. The quantitative estimate of drug-likeness (QED) is 0.209. The second-order valence-corrected chi connectivity index (χ2v) is 11.0. The maximum Gasteiger partial charge on any atom is 0.259 e. The molecule has 0 saturated carbocycles. The molecule has 0 aromatic heterocycles. The molecule has 0 atom stereocenters. The first-order valence-electron chi connectivity index (χ1n) is 13.6. The molecule has 0 radical (unpaired) electrons. The van der Waals surface area contributed by atoms with Crippen LogP contribution in [0.4, 0.5) is 5.69 Å². The molecule has 1 N–H and O–H groups in total. The van der Waals surface area contributed by atoms with Crippen LogP contribution in [0.1, 0.15) is 45.7 Å². The first-order valence-corrected chi connectivity index (χ1v) is 14.8. The second-order valence-electron chi connectivity index (χ2n) is 9.45. The molecule has 0 fully saturated rings. The predicted octanol–water partition coefficient (Wildman–Crippen LogP) is 7.42. The number of nitrogens with one attached hydrogen (secondary N) is 1. The maximum atomic E-state index is 13.8. The Morgan fingerprint density at radius 2 is 1.59 bits per heavy atom. The van der Waals surface area contributed by atoms with Gasteiger partial charge >= 0.3 is 0 Å². The number of fused-ring (bicyclic) bond motifs is 2. The number of carbonyl (C=O) groups is 2. The van der Waals surface area contributed by atoms with Crippen LogP contribution >= 0.6 is 23.4 Å². The summed E-state index contributed by atoms with van der Waals surface area (Å²) in [6, 6.07) is 26.4. The largest absolute Gasteiger partial charge is 0.490 e. The van der Waals surface area contributed by atoms with Gasteiger partial charge in [-0.15, -0.1) is 0 Å². The van der Waals surface area contributed by atoms with Crippen LogP contribution in [0.15, 0.2) is 94.7 Å². The fraction of sp³-hybridized carbons (Fsp3) is 0.212. The zero-order valence-electron chi connectivity index (χ0n) is 23.0. The lowest BCUT2D eigenvalue weighted by molar-refractivity contribution is 0.0950. The van der Waals surface area contributed by atoms with E-state index in [1.807, 2.05) is 92.7 Å². The van der Waals surface area contributed by atoms with Gasteiger partial charge in [0, 0.05) is 26.9 Å². The Hall–Kier alpha value is -3.94. The zero-order valence-corrected chi connectivity index (χ0v) is 24.6. The van der Waals surface area contributed by atoms with Crippen LogP contribution in [0.2, 0.25) is 5.02 Å². The van der Waals surface area contributed by atoms with Crippen LogP contribution in [-0.4, -0.2) is 31.6 Å². The molecule has 2 amide bonds. The molecule has 0 spiro atoms. The fourth-order valence-electron chi connectivity index (χ4n) is 4.66. The van der Waals surface area contributed by atoms with Crippen molar-refractivity contribution in [1.29, 1.82) is 0 Å². The number of benzene rings is 4. The minimum Gasteiger partial charge on any atom is -0.490 e. The third kappa shape index (κ3) is 6.69. The van der Waals surface area contributed by atoms with Crippen molar-refractivity contribution in [1.82, 2.24) is 5.32 Å². The Labute approximate surface area is 249 Å². The molecule has 1 aliphatic rings. The number of rotatable bonds is 10. The zero-order chi connectivity index (χ0) is 28.8. The predicted molar refractivity (Wildman–Crippen MR) is 164 cm³/mol. The van der Waals surface area contributed by atoms with Gasteiger partial charge in [-0.2, -0.15) is 0 Å². The Bertz CT molecular complexity index is 1560. The molecule has 5 rings (SSSR count). The van der Waals surface area contributed by atoms with Gasteiger partial charge in [0.05, 0.1) is 31.0 Å². The van der Waals surface area contributed by atoms with Gasteiger partial charge in [0.2, 0.25) is 0 Å². The molecule has 1 heterocycles. The molecule has 0 saturated heterocycles. The highest BCUT2D eigenvalue weighted by molar-refractivity contribution is 7.99. The summed E-state index contributed by atoms with van der Waals surface area (Å²) in [6.07, 6.45) is 0.634. The first-order chi connectivity index (χ1) is 20.0. The fourth-order valence-corrected chi connectivity index (χ4v) is 5.85. The number of nitrogens with zero attached hydrogens (tertiary/aromatic N) is 1. The Morgan fingerprint density at radius 1 is 0.854 bits per heavy atom. The van der Waals surface area contributed by atoms with Crippen LogP contribution in [-0.2, 0) is 13.0 Å². The van der Waals surface area contributed by atoms with Crippen molar-refractivity contribution >= 4 is 40.9 Å². The second kappa shape index (κ2) is 13.1. The van der Waals surface area contributed by atoms with Gasteiger partial charge in [-0.05, 0) is 86.0 Å². The van der Waals surface area contributed by atoms with Crippen LogP contribution in [0, 0.1) is 0 Å². The lowest BCUT2D eigenvalue weighted by atomic mass is 10.1. The number of hydrogen-bond donors (Lipinski definition) is 1. The lowest BCUT2D eigenvalue weighted by Crippen LogP contribution is -2.31. The Balaban J connectivity index is 1.36. The molecule has 4 aromatic rings. The van der Waals surface area contributed by atoms with E-state index >= 15 is 0 Å². The minimum absolute atomic E-state index is 0.111. The van der Waals surface area contributed by atoms with Crippen molar-refractivity contribution in [2.24, 2.45) is 0 Å². The number of amides is 2. The van der Waals surface area contributed by atoms with Gasteiger partial charge in [-0.25, -0.2) is 0 Å². The third-order valence-corrected chi connectivity index (χ3v) is 8.05. The molecule has 210 valence electrons. The highest BCUT2D eigenvalue weighted by Gasteiger charge is 2.28. The van der Waals surface area contributed by atoms with Crippen molar-refractivity contribution in [3.63, 3.8) is 0 Å². The van der Waals surface area contributed by atoms with Gasteiger partial charge < -0.3 is 19.7 Å². The van der Waals surface area contributed by atoms with Crippen molar-refractivity contribution in [2.75, 3.05) is 24.7 Å². The van der Waals surface area contributed by atoms with Crippen LogP contribution < -0.4 is 19.7 Å². The van der Waals surface area contributed by atoms with Crippen LogP contribution in [0.25, 0.3) is 0 Å². The molecule has 8 heteroatoms. The van der Waals surface area contributed by atoms with Crippen molar-refractivity contribution in [3.05, 3.63) is 112 Å². The number of ether oxygens (including phenoxy) is 2. The summed E-state index contributed by atoms with van der Waals surface area (Å²) < 4.78 is 11.4. The summed E-state index contributed by atoms with van der Waals surface area (Å²) >= 11 is 7.63. The molecule has 4 aromatic carbocycles. The molecule has 41 heavy (non-hydrogen) atoms. The monoisotopic (exact) mass is 586 g/mol. The molecule has 1 aliphatic heterocycles. The third-order valence-electron chi connectivity index (χ3n) is 6.66. The van der Waals surface area contributed by atoms with Gasteiger partial charge in [0.15, 0.2) is 11.5 Å². The van der Waals surface area contributed by atoms with Crippen molar-refractivity contribution in [2.45, 2.75) is 36.6 Å². The van der Waals surface area contributed by atoms with Gasteiger partial charge in [-0.1, -0.05) is 53.7 Å². The molecular weight excluding hydrogens is 556 g/mol. The summed E-state index contributed by atoms with van der Waals surface area (Å²) in [7, 11) is 0. The van der Waals surface area contributed by atoms with Crippen LogP contribution in [0.5, 0.6) is 11.5 Å². The van der Waals surface area contributed by atoms with E-state index in [-0.39, 0.29) is 11.8 Å². The molecule has 0 aliphatic carbocycles. The number of carbonyl (C=O) groups excluding carboxylic acids is 2. The normalized spacial score (nSPS) is 12.3. The van der Waals surface area contributed by atoms with Crippen molar-refractivity contribution in [3.8, 4) is 11.5 Å². The van der Waals surface area contributed by atoms with Gasteiger partial charge in [0.1, 0.15) is 0 Å². The molecule has 0 bridgehead atoms. The van der Waals surface area contributed by atoms with Crippen molar-refractivity contribution < 1.29 is 19.1 Å². The number of anilines is 1. The van der Waals surface area contributed by atoms with E-state index in [0.29, 0.717) is 66.1 Å². The van der Waals surface area contributed by atoms with Gasteiger partial charge in [0.25, 0.3) is 11.8 Å². The summed E-state index contributed by atoms with van der Waals surface area (Å²) in [4.78, 5) is 30.6. The van der Waals surface area contributed by atoms with E-state index in [2.05, 4.69) is 5.32 Å². The summed E-state index contributed by atoms with van der Waals surface area (Å²) in [5.41, 5.74) is 3.80. The minimum atomic E-state index is -0.200. The number of halogens is 1. The molecule has 0 unspecified atom stereocenters. The molecular formula is C33H31ClN2O4S. The average Bonchev–Trinajstić information content (AvgIpc) is 3.09. The standard InChI is InChI=1S/C33H31ClN2O4S/c1-3-39-28-15-11-22(19-29(28)40-4-2)17-18-35-32(37)24-12-16-31-27(20-24)36(21-23-9-13-25(34)14-10-23)33(38)26-7-5-6-8-30(26)41-31/h5-16,19-20H,3-4,17-18,21H2,1-2H3,(H,35,37).